The second kappa shape index (κ2) is 8.20. The number of aromatic nitrogens is 1. The summed E-state index contributed by atoms with van der Waals surface area (Å²) in [6.07, 6.45) is 0.591. The molecule has 1 saturated heterocycles. The summed E-state index contributed by atoms with van der Waals surface area (Å²) in [5.41, 5.74) is 1.21. The van der Waals surface area contributed by atoms with Crippen molar-refractivity contribution in [2.45, 2.75) is 23.0 Å². The van der Waals surface area contributed by atoms with Crippen LogP contribution in [0.3, 0.4) is 0 Å². The molecule has 1 aliphatic heterocycles. The summed E-state index contributed by atoms with van der Waals surface area (Å²) >= 11 is 7.09. The molecule has 2 aromatic carbocycles. The van der Waals surface area contributed by atoms with E-state index in [-0.39, 0.29) is 5.02 Å². The van der Waals surface area contributed by atoms with Gasteiger partial charge in [0.25, 0.3) is 0 Å². The summed E-state index contributed by atoms with van der Waals surface area (Å²) < 4.78 is 66.3. The van der Waals surface area contributed by atoms with Crippen molar-refractivity contribution in [2.75, 3.05) is 18.0 Å². The van der Waals surface area contributed by atoms with Crippen molar-refractivity contribution in [3.63, 3.8) is 0 Å². The first-order valence-corrected chi connectivity index (χ1v) is 11.9. The number of piperidine rings is 1. The Kier molecular flexibility index (Phi) is 5.78. The standard InChI is InChI=1S/C20H16ClF3N2O2S2/c21-15-3-1-12(9-16(15)23)18-11-29-20(25-18)26-7-5-14(6-8-26)30(27,28)19-4-2-13(22)10-17(19)24/h1-4,9-11,14H,5-8H2. The molecule has 0 saturated carbocycles. The molecule has 0 unspecified atom stereocenters. The van der Waals surface area contributed by atoms with Gasteiger partial charge in [-0.1, -0.05) is 17.7 Å². The Hall–Kier alpha value is -2.10. The molecule has 0 radical (unpaired) electrons. The first-order valence-electron chi connectivity index (χ1n) is 9.10. The van der Waals surface area contributed by atoms with E-state index in [0.29, 0.717) is 48.4 Å². The minimum absolute atomic E-state index is 0.0371. The van der Waals surface area contributed by atoms with Crippen LogP contribution in [0.1, 0.15) is 12.8 Å². The molecular weight excluding hydrogens is 457 g/mol. The Morgan fingerprint density at radius 2 is 1.77 bits per heavy atom. The van der Waals surface area contributed by atoms with Gasteiger partial charge in [-0.3, -0.25) is 0 Å². The molecule has 158 valence electrons. The van der Waals surface area contributed by atoms with Gasteiger partial charge in [0, 0.05) is 30.1 Å². The van der Waals surface area contributed by atoms with Crippen molar-refractivity contribution in [3.8, 4) is 11.3 Å². The van der Waals surface area contributed by atoms with Gasteiger partial charge in [0.05, 0.1) is 16.0 Å². The van der Waals surface area contributed by atoms with E-state index >= 15 is 0 Å². The normalized spacial score (nSPS) is 15.5. The molecule has 0 atom stereocenters. The number of hydrogen-bond acceptors (Lipinski definition) is 5. The zero-order valence-corrected chi connectivity index (χ0v) is 17.9. The fourth-order valence-electron chi connectivity index (χ4n) is 3.44. The number of rotatable bonds is 4. The van der Waals surface area contributed by atoms with Crippen LogP contribution in [0.5, 0.6) is 0 Å². The summed E-state index contributed by atoms with van der Waals surface area (Å²) in [6, 6.07) is 6.97. The average molecular weight is 473 g/mol. The van der Waals surface area contributed by atoms with Crippen molar-refractivity contribution in [2.24, 2.45) is 0 Å². The lowest BCUT2D eigenvalue weighted by Gasteiger charge is -2.31. The summed E-state index contributed by atoms with van der Waals surface area (Å²) in [5, 5.41) is 1.78. The van der Waals surface area contributed by atoms with Crippen molar-refractivity contribution >= 4 is 37.9 Å². The summed E-state index contributed by atoms with van der Waals surface area (Å²) in [4.78, 5) is 6.01. The summed E-state index contributed by atoms with van der Waals surface area (Å²) in [7, 11) is -3.90. The highest BCUT2D eigenvalue weighted by atomic mass is 35.5. The van der Waals surface area contributed by atoms with Crippen LogP contribution in [-0.2, 0) is 9.84 Å². The van der Waals surface area contributed by atoms with Crippen molar-refractivity contribution in [1.29, 1.82) is 0 Å². The van der Waals surface area contributed by atoms with E-state index in [1.165, 1.54) is 23.5 Å². The summed E-state index contributed by atoms with van der Waals surface area (Å²) in [5.74, 6) is -2.42. The van der Waals surface area contributed by atoms with Gasteiger partial charge in [-0.15, -0.1) is 11.3 Å². The molecule has 4 rings (SSSR count). The van der Waals surface area contributed by atoms with Gasteiger partial charge in [0.2, 0.25) is 0 Å². The monoisotopic (exact) mass is 472 g/mol. The second-order valence-corrected chi connectivity index (χ2v) is 10.4. The fourth-order valence-corrected chi connectivity index (χ4v) is 6.23. The van der Waals surface area contributed by atoms with Crippen LogP contribution < -0.4 is 4.90 Å². The molecule has 2 heterocycles. The van der Waals surface area contributed by atoms with Crippen LogP contribution in [-0.4, -0.2) is 31.7 Å². The number of benzene rings is 2. The minimum atomic E-state index is -3.90. The Labute approximate surface area is 180 Å². The van der Waals surface area contributed by atoms with Crippen LogP contribution in [0.15, 0.2) is 46.7 Å². The lowest BCUT2D eigenvalue weighted by Crippen LogP contribution is -2.39. The lowest BCUT2D eigenvalue weighted by molar-refractivity contribution is 0.516. The number of hydrogen-bond donors (Lipinski definition) is 0. The number of halogens is 4. The Morgan fingerprint density at radius 3 is 2.43 bits per heavy atom. The Morgan fingerprint density at radius 1 is 1.03 bits per heavy atom. The largest absolute Gasteiger partial charge is 0.348 e. The summed E-state index contributed by atoms with van der Waals surface area (Å²) in [6.45, 7) is 0.850. The number of sulfone groups is 1. The minimum Gasteiger partial charge on any atom is -0.348 e. The number of nitrogens with zero attached hydrogens (tertiary/aromatic N) is 2. The SMILES string of the molecule is O=S(=O)(c1ccc(F)cc1F)C1CCN(c2nc(-c3ccc(Cl)c(F)c3)cs2)CC1. The van der Waals surface area contributed by atoms with Crippen molar-refractivity contribution in [3.05, 3.63) is 64.3 Å². The molecule has 0 N–H and O–H groups in total. The fraction of sp³-hybridized carbons (Fsp3) is 0.250. The molecule has 4 nitrogen and oxygen atoms in total. The first kappa shape index (κ1) is 21.1. The predicted octanol–water partition coefficient (Wildman–Crippen LogP) is 5.32. The van der Waals surface area contributed by atoms with Crippen LogP contribution in [0.4, 0.5) is 18.3 Å². The van der Waals surface area contributed by atoms with Gasteiger partial charge < -0.3 is 4.90 Å². The van der Waals surface area contributed by atoms with Gasteiger partial charge in [0.1, 0.15) is 22.3 Å². The van der Waals surface area contributed by atoms with Gasteiger partial charge in [-0.2, -0.15) is 0 Å². The topological polar surface area (TPSA) is 50.3 Å². The highest BCUT2D eigenvalue weighted by Crippen LogP contribution is 2.33. The lowest BCUT2D eigenvalue weighted by atomic mass is 10.1. The van der Waals surface area contributed by atoms with E-state index < -0.39 is 37.4 Å². The van der Waals surface area contributed by atoms with E-state index in [1.807, 2.05) is 4.90 Å². The molecule has 0 aliphatic carbocycles. The molecule has 1 aromatic heterocycles. The van der Waals surface area contributed by atoms with Crippen LogP contribution in [0.25, 0.3) is 11.3 Å². The zero-order chi connectivity index (χ0) is 21.5. The zero-order valence-electron chi connectivity index (χ0n) is 15.5. The van der Waals surface area contributed by atoms with E-state index in [2.05, 4.69) is 4.98 Å². The second-order valence-electron chi connectivity index (χ2n) is 6.95. The average Bonchev–Trinajstić information content (AvgIpc) is 3.20. The quantitative estimate of drug-likeness (QED) is 0.482. The highest BCUT2D eigenvalue weighted by molar-refractivity contribution is 7.92. The number of thiazole rings is 1. The van der Waals surface area contributed by atoms with Gasteiger partial charge in [0.15, 0.2) is 15.0 Å². The van der Waals surface area contributed by atoms with Gasteiger partial charge >= 0.3 is 0 Å². The van der Waals surface area contributed by atoms with Crippen LogP contribution in [0, 0.1) is 17.5 Å². The third kappa shape index (κ3) is 4.06. The maximum absolute atomic E-state index is 14.0. The third-order valence-electron chi connectivity index (χ3n) is 5.06. The highest BCUT2D eigenvalue weighted by Gasteiger charge is 2.34. The third-order valence-corrected chi connectivity index (χ3v) is 8.56. The van der Waals surface area contributed by atoms with Crippen LogP contribution >= 0.6 is 22.9 Å². The van der Waals surface area contributed by atoms with Gasteiger partial charge in [-0.25, -0.2) is 26.6 Å². The van der Waals surface area contributed by atoms with Crippen molar-refractivity contribution in [1.82, 2.24) is 4.98 Å². The van der Waals surface area contributed by atoms with E-state index in [9.17, 15) is 21.6 Å². The van der Waals surface area contributed by atoms with Crippen LogP contribution in [0.2, 0.25) is 5.02 Å². The Bertz CT molecular complexity index is 1190. The molecule has 10 heteroatoms. The Balaban J connectivity index is 1.47. The molecule has 3 aromatic rings. The maximum atomic E-state index is 14.0. The molecule has 0 amide bonds. The predicted molar refractivity (Wildman–Crippen MR) is 111 cm³/mol. The molecule has 1 aliphatic rings. The molecule has 0 spiro atoms. The first-order chi connectivity index (χ1) is 14.3. The van der Waals surface area contributed by atoms with Gasteiger partial charge in [-0.05, 0) is 37.1 Å². The maximum Gasteiger partial charge on any atom is 0.185 e. The smallest absolute Gasteiger partial charge is 0.185 e. The van der Waals surface area contributed by atoms with E-state index in [0.717, 1.165) is 12.1 Å². The molecule has 30 heavy (non-hydrogen) atoms. The molecular formula is C20H16ClF3N2O2S2. The molecule has 0 bridgehead atoms. The van der Waals surface area contributed by atoms with E-state index in [4.69, 9.17) is 11.6 Å². The van der Waals surface area contributed by atoms with Crippen molar-refractivity contribution < 1.29 is 21.6 Å². The van der Waals surface area contributed by atoms with E-state index in [1.54, 1.807) is 11.4 Å². The number of anilines is 1. The molecule has 1 fully saturated rings.